The van der Waals surface area contributed by atoms with Crippen molar-refractivity contribution < 1.29 is 22.7 Å². The first-order chi connectivity index (χ1) is 10.3. The first kappa shape index (κ1) is 16.7. The van der Waals surface area contributed by atoms with E-state index in [0.717, 1.165) is 0 Å². The molecule has 0 spiro atoms. The molecule has 8 heteroatoms. The molecule has 1 aliphatic heterocycles. The number of anilines is 1. The van der Waals surface area contributed by atoms with Crippen LogP contribution in [0.15, 0.2) is 23.1 Å². The molecule has 0 aromatic heterocycles. The molecule has 1 aromatic carbocycles. The zero-order valence-electron chi connectivity index (χ0n) is 12.8. The molecule has 1 atom stereocenters. The van der Waals surface area contributed by atoms with Gasteiger partial charge in [0.25, 0.3) is 0 Å². The van der Waals surface area contributed by atoms with Crippen LogP contribution in [0.3, 0.4) is 0 Å². The van der Waals surface area contributed by atoms with Crippen molar-refractivity contribution in [3.05, 3.63) is 18.2 Å². The lowest BCUT2D eigenvalue weighted by Gasteiger charge is -2.30. The molecule has 0 aliphatic carbocycles. The maximum atomic E-state index is 12.7. The minimum absolute atomic E-state index is 0.117. The van der Waals surface area contributed by atoms with Crippen molar-refractivity contribution in [2.75, 3.05) is 32.1 Å². The maximum absolute atomic E-state index is 12.7. The summed E-state index contributed by atoms with van der Waals surface area (Å²) >= 11 is 0. The summed E-state index contributed by atoms with van der Waals surface area (Å²) in [4.78, 5) is 11.4. The smallest absolute Gasteiger partial charge is 0.243 e. The number of carbonyl (C=O) groups excluding carboxylic acids is 1. The number of methoxy groups -OCH3 is 1. The van der Waals surface area contributed by atoms with Gasteiger partial charge in [0, 0.05) is 20.0 Å². The van der Waals surface area contributed by atoms with Crippen LogP contribution >= 0.6 is 0 Å². The molecule has 0 bridgehead atoms. The van der Waals surface area contributed by atoms with E-state index < -0.39 is 10.0 Å². The molecule has 0 saturated carbocycles. The molecule has 122 valence electrons. The highest BCUT2D eigenvalue weighted by Gasteiger charge is 2.29. The molecule has 1 heterocycles. The van der Waals surface area contributed by atoms with Crippen molar-refractivity contribution in [2.24, 2.45) is 0 Å². The van der Waals surface area contributed by atoms with E-state index in [1.165, 1.54) is 36.5 Å². The van der Waals surface area contributed by atoms with Crippen molar-refractivity contribution in [3.63, 3.8) is 0 Å². The second kappa shape index (κ2) is 6.64. The van der Waals surface area contributed by atoms with E-state index in [4.69, 9.17) is 9.47 Å². The fraction of sp³-hybridized carbons (Fsp3) is 0.500. The van der Waals surface area contributed by atoms with E-state index in [-0.39, 0.29) is 16.9 Å². The molecule has 1 aliphatic rings. The highest BCUT2D eigenvalue weighted by molar-refractivity contribution is 7.89. The van der Waals surface area contributed by atoms with E-state index in [0.29, 0.717) is 31.1 Å². The SMILES string of the molecule is COc1ccc(S(=O)(=O)N2CCO[C@@H](C)C2)cc1NC(C)=O. The summed E-state index contributed by atoms with van der Waals surface area (Å²) in [5.74, 6) is 0.109. The first-order valence-corrected chi connectivity index (χ1v) is 8.36. The molecule has 1 N–H and O–H groups in total. The van der Waals surface area contributed by atoms with Crippen LogP contribution in [0.5, 0.6) is 5.75 Å². The molecule has 0 unspecified atom stereocenters. The fourth-order valence-electron chi connectivity index (χ4n) is 2.29. The number of nitrogens with zero attached hydrogens (tertiary/aromatic N) is 1. The van der Waals surface area contributed by atoms with Gasteiger partial charge in [-0.05, 0) is 25.1 Å². The zero-order valence-corrected chi connectivity index (χ0v) is 13.6. The van der Waals surface area contributed by atoms with Crippen LogP contribution in [0.1, 0.15) is 13.8 Å². The number of benzene rings is 1. The third kappa shape index (κ3) is 3.57. The Morgan fingerprint density at radius 3 is 2.77 bits per heavy atom. The second-order valence-electron chi connectivity index (χ2n) is 5.09. The lowest BCUT2D eigenvalue weighted by molar-refractivity contribution is -0.114. The minimum Gasteiger partial charge on any atom is -0.495 e. The molecule has 0 radical (unpaired) electrons. The van der Waals surface area contributed by atoms with Gasteiger partial charge >= 0.3 is 0 Å². The Labute approximate surface area is 130 Å². The third-order valence-electron chi connectivity index (χ3n) is 3.32. The number of ether oxygens (including phenoxy) is 2. The van der Waals surface area contributed by atoms with Crippen LogP contribution in [0.2, 0.25) is 0 Å². The van der Waals surface area contributed by atoms with Crippen LogP contribution < -0.4 is 10.1 Å². The lowest BCUT2D eigenvalue weighted by atomic mass is 10.3. The van der Waals surface area contributed by atoms with Crippen molar-refractivity contribution in [2.45, 2.75) is 24.8 Å². The van der Waals surface area contributed by atoms with Gasteiger partial charge in [0.2, 0.25) is 15.9 Å². The van der Waals surface area contributed by atoms with Gasteiger partial charge in [0.05, 0.1) is 30.4 Å². The van der Waals surface area contributed by atoms with E-state index >= 15 is 0 Å². The summed E-state index contributed by atoms with van der Waals surface area (Å²) in [5, 5.41) is 2.58. The van der Waals surface area contributed by atoms with Gasteiger partial charge in [0.1, 0.15) is 5.75 Å². The van der Waals surface area contributed by atoms with Gasteiger partial charge in [-0.1, -0.05) is 0 Å². The molecular weight excluding hydrogens is 308 g/mol. The topological polar surface area (TPSA) is 84.9 Å². The quantitative estimate of drug-likeness (QED) is 0.893. The zero-order chi connectivity index (χ0) is 16.3. The molecule has 7 nitrogen and oxygen atoms in total. The van der Waals surface area contributed by atoms with E-state index in [1.807, 2.05) is 6.92 Å². The van der Waals surface area contributed by atoms with Gasteiger partial charge in [-0.25, -0.2) is 8.42 Å². The maximum Gasteiger partial charge on any atom is 0.243 e. The van der Waals surface area contributed by atoms with E-state index in [2.05, 4.69) is 5.32 Å². The third-order valence-corrected chi connectivity index (χ3v) is 5.18. The molecular formula is C14H20N2O5S. The number of amides is 1. The Bertz CT molecular complexity index is 659. The van der Waals surface area contributed by atoms with E-state index in [1.54, 1.807) is 0 Å². The van der Waals surface area contributed by atoms with Crippen LogP contribution in [-0.4, -0.2) is 51.5 Å². The Morgan fingerprint density at radius 1 is 1.45 bits per heavy atom. The van der Waals surface area contributed by atoms with Gasteiger partial charge in [-0.3, -0.25) is 4.79 Å². The van der Waals surface area contributed by atoms with Crippen molar-refractivity contribution in [1.82, 2.24) is 4.31 Å². The van der Waals surface area contributed by atoms with Crippen LogP contribution in [0.25, 0.3) is 0 Å². The highest BCUT2D eigenvalue weighted by atomic mass is 32.2. The van der Waals surface area contributed by atoms with Crippen LogP contribution in [0, 0.1) is 0 Å². The Hall–Kier alpha value is -1.64. The number of hydrogen-bond acceptors (Lipinski definition) is 5. The van der Waals surface area contributed by atoms with Crippen molar-refractivity contribution >= 4 is 21.6 Å². The highest BCUT2D eigenvalue weighted by Crippen LogP contribution is 2.29. The Balaban J connectivity index is 2.36. The number of morpholine rings is 1. The average Bonchev–Trinajstić information content (AvgIpc) is 2.46. The van der Waals surface area contributed by atoms with Crippen LogP contribution in [-0.2, 0) is 19.6 Å². The predicted molar refractivity (Wildman–Crippen MR) is 81.5 cm³/mol. The van der Waals surface area contributed by atoms with Crippen molar-refractivity contribution in [3.8, 4) is 5.75 Å². The van der Waals surface area contributed by atoms with Gasteiger partial charge in [-0.15, -0.1) is 0 Å². The van der Waals surface area contributed by atoms with E-state index in [9.17, 15) is 13.2 Å². The predicted octanol–water partition coefficient (Wildman–Crippen LogP) is 1.06. The monoisotopic (exact) mass is 328 g/mol. The minimum atomic E-state index is -3.63. The van der Waals surface area contributed by atoms with Gasteiger partial charge in [0.15, 0.2) is 0 Å². The molecule has 1 saturated heterocycles. The number of sulfonamides is 1. The molecule has 22 heavy (non-hydrogen) atoms. The van der Waals surface area contributed by atoms with Crippen LogP contribution in [0.4, 0.5) is 5.69 Å². The number of nitrogens with one attached hydrogen (secondary N) is 1. The van der Waals surface area contributed by atoms with Crippen molar-refractivity contribution in [1.29, 1.82) is 0 Å². The molecule has 1 amide bonds. The average molecular weight is 328 g/mol. The summed E-state index contributed by atoms with van der Waals surface area (Å²) in [6, 6.07) is 4.41. The fourth-order valence-corrected chi connectivity index (χ4v) is 3.81. The standard InChI is InChI=1S/C14H20N2O5S/c1-10-9-16(6-7-21-10)22(18,19)12-4-5-14(20-3)13(8-12)15-11(2)17/h4-5,8,10H,6-7,9H2,1-3H3,(H,15,17)/t10-/m0/s1. The summed E-state index contributed by atoms with van der Waals surface area (Å²) in [5.41, 5.74) is 0.331. The lowest BCUT2D eigenvalue weighted by Crippen LogP contribution is -2.44. The molecule has 1 aromatic rings. The summed E-state index contributed by atoms with van der Waals surface area (Å²) in [6.07, 6.45) is -0.142. The number of rotatable bonds is 4. The van der Waals surface area contributed by atoms with Gasteiger partial charge < -0.3 is 14.8 Å². The Morgan fingerprint density at radius 2 is 2.18 bits per heavy atom. The Kier molecular flexibility index (Phi) is 5.05. The summed E-state index contributed by atoms with van der Waals surface area (Å²) < 4.78 is 37.3. The number of carbonyl (C=O) groups is 1. The largest absolute Gasteiger partial charge is 0.495 e. The molecule has 2 rings (SSSR count). The number of hydrogen-bond donors (Lipinski definition) is 1. The summed E-state index contributed by atoms with van der Waals surface area (Å²) in [6.45, 7) is 4.18. The molecule has 1 fully saturated rings. The first-order valence-electron chi connectivity index (χ1n) is 6.92. The normalized spacial score (nSPS) is 19.7. The van der Waals surface area contributed by atoms with Gasteiger partial charge in [-0.2, -0.15) is 4.31 Å². The second-order valence-corrected chi connectivity index (χ2v) is 7.03. The summed E-state index contributed by atoms with van der Waals surface area (Å²) in [7, 11) is -2.17.